The van der Waals surface area contributed by atoms with Crippen LogP contribution in [0.15, 0.2) is 48.7 Å². The summed E-state index contributed by atoms with van der Waals surface area (Å²) in [5.41, 5.74) is 0.363. The van der Waals surface area contributed by atoms with Crippen LogP contribution in [0, 0.1) is 0 Å². The average molecular weight is 291 g/mol. The molecule has 4 heteroatoms. The standard InChI is InChI=1S/C16H19ClN2O/c1-19(2)12-10-16(20,15-5-3-4-11-18-15)13-6-8-14(17)9-7-13/h3-9,11,20H,10,12H2,1-2H3. The third-order valence-corrected chi connectivity index (χ3v) is 3.58. The lowest BCUT2D eigenvalue weighted by Gasteiger charge is -2.29. The molecular formula is C16H19ClN2O. The van der Waals surface area contributed by atoms with Crippen molar-refractivity contribution in [3.63, 3.8) is 0 Å². The smallest absolute Gasteiger partial charge is 0.133 e. The van der Waals surface area contributed by atoms with E-state index in [1.54, 1.807) is 18.3 Å². The molecule has 0 amide bonds. The minimum atomic E-state index is -1.10. The predicted octanol–water partition coefficient (Wildman–Crippen LogP) is 2.92. The van der Waals surface area contributed by atoms with Crippen molar-refractivity contribution in [2.75, 3.05) is 20.6 Å². The van der Waals surface area contributed by atoms with Gasteiger partial charge in [-0.2, -0.15) is 0 Å². The topological polar surface area (TPSA) is 36.4 Å². The van der Waals surface area contributed by atoms with Gasteiger partial charge in [0.1, 0.15) is 5.60 Å². The molecule has 0 spiro atoms. The number of hydrogen-bond donors (Lipinski definition) is 1. The summed E-state index contributed by atoms with van der Waals surface area (Å²) in [5.74, 6) is 0. The van der Waals surface area contributed by atoms with Crippen molar-refractivity contribution in [3.05, 3.63) is 64.9 Å². The lowest BCUT2D eigenvalue weighted by Crippen LogP contribution is -2.32. The Morgan fingerprint density at radius 3 is 2.40 bits per heavy atom. The van der Waals surface area contributed by atoms with Crippen LogP contribution in [0.2, 0.25) is 5.02 Å². The highest BCUT2D eigenvalue weighted by molar-refractivity contribution is 6.30. The third-order valence-electron chi connectivity index (χ3n) is 3.33. The molecule has 0 radical (unpaired) electrons. The molecule has 106 valence electrons. The second-order valence-corrected chi connectivity index (χ2v) is 5.57. The molecular weight excluding hydrogens is 272 g/mol. The van der Waals surface area contributed by atoms with E-state index in [0.29, 0.717) is 17.1 Å². The molecule has 1 aromatic heterocycles. The van der Waals surface area contributed by atoms with Crippen LogP contribution in [0.4, 0.5) is 0 Å². The molecule has 0 aliphatic heterocycles. The summed E-state index contributed by atoms with van der Waals surface area (Å²) in [4.78, 5) is 6.37. The van der Waals surface area contributed by atoms with Crippen LogP contribution in [0.5, 0.6) is 0 Å². The Kier molecular flexibility index (Phi) is 4.76. The summed E-state index contributed by atoms with van der Waals surface area (Å²) in [6.07, 6.45) is 2.27. The maximum Gasteiger partial charge on any atom is 0.133 e. The Balaban J connectivity index is 2.40. The van der Waals surface area contributed by atoms with Crippen molar-refractivity contribution >= 4 is 11.6 Å². The number of aliphatic hydroxyl groups is 1. The quantitative estimate of drug-likeness (QED) is 0.920. The second kappa shape index (κ2) is 6.35. The maximum absolute atomic E-state index is 11.2. The van der Waals surface area contributed by atoms with Crippen LogP contribution < -0.4 is 0 Å². The summed E-state index contributed by atoms with van der Waals surface area (Å²) in [7, 11) is 3.97. The minimum Gasteiger partial charge on any atom is -0.379 e. The summed E-state index contributed by atoms with van der Waals surface area (Å²) in [5, 5.41) is 11.8. The molecule has 1 aromatic carbocycles. The molecule has 3 nitrogen and oxygen atoms in total. The van der Waals surface area contributed by atoms with Crippen LogP contribution in [-0.2, 0) is 5.60 Å². The number of halogens is 1. The highest BCUT2D eigenvalue weighted by Gasteiger charge is 2.32. The number of benzene rings is 1. The fourth-order valence-corrected chi connectivity index (χ4v) is 2.26. The maximum atomic E-state index is 11.2. The van der Waals surface area contributed by atoms with Crippen molar-refractivity contribution < 1.29 is 5.11 Å². The summed E-state index contributed by atoms with van der Waals surface area (Å²) in [6.45, 7) is 0.760. The molecule has 1 atom stereocenters. The van der Waals surface area contributed by atoms with Crippen LogP contribution in [-0.4, -0.2) is 35.6 Å². The van der Waals surface area contributed by atoms with Gasteiger partial charge in [-0.1, -0.05) is 29.8 Å². The largest absolute Gasteiger partial charge is 0.379 e. The number of hydrogen-bond acceptors (Lipinski definition) is 3. The Hall–Kier alpha value is -1.42. The van der Waals surface area contributed by atoms with E-state index in [-0.39, 0.29) is 0 Å². The van der Waals surface area contributed by atoms with Crippen molar-refractivity contribution in [1.82, 2.24) is 9.88 Å². The van der Waals surface area contributed by atoms with Gasteiger partial charge in [0.25, 0.3) is 0 Å². The fourth-order valence-electron chi connectivity index (χ4n) is 2.14. The van der Waals surface area contributed by atoms with Gasteiger partial charge in [0.2, 0.25) is 0 Å². The molecule has 0 aliphatic rings. The molecule has 2 aromatic rings. The SMILES string of the molecule is CN(C)CCC(O)(c1ccc(Cl)cc1)c1ccccn1. The van der Waals surface area contributed by atoms with Gasteiger partial charge >= 0.3 is 0 Å². The Bertz CT molecular complexity index is 542. The number of rotatable bonds is 5. The van der Waals surface area contributed by atoms with Gasteiger partial charge in [-0.15, -0.1) is 0 Å². The molecule has 0 aliphatic carbocycles. The molecule has 1 heterocycles. The Morgan fingerprint density at radius 2 is 1.85 bits per heavy atom. The fraction of sp³-hybridized carbons (Fsp3) is 0.312. The van der Waals surface area contributed by atoms with Gasteiger partial charge in [-0.25, -0.2) is 0 Å². The van der Waals surface area contributed by atoms with Crippen LogP contribution in [0.3, 0.4) is 0 Å². The van der Waals surface area contributed by atoms with Crippen LogP contribution in [0.25, 0.3) is 0 Å². The van der Waals surface area contributed by atoms with Crippen LogP contribution in [0.1, 0.15) is 17.7 Å². The molecule has 20 heavy (non-hydrogen) atoms. The van der Waals surface area contributed by atoms with Crippen LogP contribution >= 0.6 is 11.6 Å². The first-order valence-electron chi connectivity index (χ1n) is 6.57. The van der Waals surface area contributed by atoms with Gasteiger partial charge < -0.3 is 10.0 Å². The zero-order chi connectivity index (χ0) is 14.6. The van der Waals surface area contributed by atoms with E-state index in [4.69, 9.17) is 11.6 Å². The Labute approximate surface area is 124 Å². The van der Waals surface area contributed by atoms with Crippen molar-refractivity contribution in [1.29, 1.82) is 0 Å². The van der Waals surface area contributed by atoms with E-state index in [2.05, 4.69) is 4.98 Å². The predicted molar refractivity (Wildman–Crippen MR) is 81.9 cm³/mol. The Morgan fingerprint density at radius 1 is 1.15 bits per heavy atom. The molecule has 0 saturated heterocycles. The van der Waals surface area contributed by atoms with Crippen molar-refractivity contribution in [2.45, 2.75) is 12.0 Å². The lowest BCUT2D eigenvalue weighted by molar-refractivity contribution is 0.0586. The molecule has 1 N–H and O–H groups in total. The summed E-state index contributed by atoms with van der Waals surface area (Å²) < 4.78 is 0. The first-order chi connectivity index (χ1) is 9.52. The van der Waals surface area contributed by atoms with E-state index in [0.717, 1.165) is 12.1 Å². The van der Waals surface area contributed by atoms with E-state index in [1.165, 1.54) is 0 Å². The van der Waals surface area contributed by atoms with Gasteiger partial charge in [0.05, 0.1) is 5.69 Å². The second-order valence-electron chi connectivity index (χ2n) is 5.14. The van der Waals surface area contributed by atoms with E-state index in [1.807, 2.05) is 49.3 Å². The molecule has 1 unspecified atom stereocenters. The highest BCUT2D eigenvalue weighted by Crippen LogP contribution is 2.32. The van der Waals surface area contributed by atoms with Crippen molar-refractivity contribution in [2.24, 2.45) is 0 Å². The highest BCUT2D eigenvalue weighted by atomic mass is 35.5. The summed E-state index contributed by atoms with van der Waals surface area (Å²) >= 11 is 5.93. The van der Waals surface area contributed by atoms with Gasteiger partial charge in [0, 0.05) is 17.8 Å². The number of pyridine rings is 1. The molecule has 2 rings (SSSR count). The first-order valence-corrected chi connectivity index (χ1v) is 6.95. The van der Waals surface area contributed by atoms with E-state index < -0.39 is 5.60 Å². The molecule has 0 bridgehead atoms. The monoisotopic (exact) mass is 290 g/mol. The third kappa shape index (κ3) is 3.37. The van der Waals surface area contributed by atoms with Gasteiger partial charge in [0.15, 0.2) is 0 Å². The van der Waals surface area contributed by atoms with Gasteiger partial charge in [-0.3, -0.25) is 4.98 Å². The number of aromatic nitrogens is 1. The minimum absolute atomic E-state index is 0.568. The normalized spacial score (nSPS) is 14.2. The zero-order valence-corrected chi connectivity index (χ0v) is 12.5. The average Bonchev–Trinajstić information content (AvgIpc) is 2.46. The number of nitrogens with zero attached hydrogens (tertiary/aromatic N) is 2. The molecule has 0 fully saturated rings. The zero-order valence-electron chi connectivity index (χ0n) is 11.8. The van der Waals surface area contributed by atoms with E-state index in [9.17, 15) is 5.11 Å². The summed E-state index contributed by atoms with van der Waals surface area (Å²) in [6, 6.07) is 12.9. The lowest BCUT2D eigenvalue weighted by atomic mass is 9.86. The van der Waals surface area contributed by atoms with Gasteiger partial charge in [-0.05, 0) is 50.3 Å². The first kappa shape index (κ1) is 15.0. The van der Waals surface area contributed by atoms with E-state index >= 15 is 0 Å². The van der Waals surface area contributed by atoms with Crippen molar-refractivity contribution in [3.8, 4) is 0 Å². The molecule has 0 saturated carbocycles.